The smallest absolute Gasteiger partial charge is 0.410 e. The molecule has 0 aliphatic carbocycles. The van der Waals surface area contributed by atoms with E-state index in [2.05, 4.69) is 4.99 Å². The Bertz CT molecular complexity index is 557. The van der Waals surface area contributed by atoms with E-state index in [-0.39, 0.29) is 12.6 Å². The molecular weight excluding hydrogens is 312 g/mol. The van der Waals surface area contributed by atoms with Gasteiger partial charge in [0.25, 0.3) is 0 Å². The lowest BCUT2D eigenvalue weighted by atomic mass is 10.2. The Morgan fingerprint density at radius 1 is 1.38 bits per heavy atom. The second-order valence-electron chi connectivity index (χ2n) is 6.68. The third-order valence-electron chi connectivity index (χ3n) is 3.55. The Morgan fingerprint density at radius 3 is 2.54 bits per heavy atom. The first-order valence-corrected chi connectivity index (χ1v) is 8.00. The van der Waals surface area contributed by atoms with E-state index in [9.17, 15) is 9.90 Å². The van der Waals surface area contributed by atoms with Crippen LogP contribution >= 0.6 is 0 Å². The number of nitrogens with two attached hydrogens (primary N) is 1. The highest BCUT2D eigenvalue weighted by Crippen LogP contribution is 2.14. The molecule has 24 heavy (non-hydrogen) atoms. The first kappa shape index (κ1) is 18.1. The van der Waals surface area contributed by atoms with Crippen molar-refractivity contribution in [1.29, 1.82) is 0 Å². The number of hydrogen-bond donors (Lipinski definition) is 2. The Balaban J connectivity index is 1.81. The number of rotatable bonds is 3. The van der Waals surface area contributed by atoms with Crippen LogP contribution in [0.3, 0.4) is 0 Å². The van der Waals surface area contributed by atoms with Gasteiger partial charge in [0.05, 0.1) is 12.8 Å². The Morgan fingerprint density at radius 2 is 2.00 bits per heavy atom. The molecule has 0 radical (unpaired) electrons. The lowest BCUT2D eigenvalue weighted by Crippen LogP contribution is -2.53. The number of nitrogens with zero attached hydrogens (tertiary/aromatic N) is 3. The predicted molar refractivity (Wildman–Crippen MR) is 89.5 cm³/mol. The van der Waals surface area contributed by atoms with E-state index in [1.165, 1.54) is 6.26 Å². The van der Waals surface area contributed by atoms with Gasteiger partial charge in [0.15, 0.2) is 5.96 Å². The minimum Gasteiger partial charge on any atom is -0.467 e. The summed E-state index contributed by atoms with van der Waals surface area (Å²) in [4.78, 5) is 19.8. The van der Waals surface area contributed by atoms with Gasteiger partial charge in [0.1, 0.15) is 17.5 Å². The van der Waals surface area contributed by atoms with E-state index < -0.39 is 11.7 Å². The normalized spacial score (nSPS) is 17.8. The maximum atomic E-state index is 12.0. The molecule has 2 rings (SSSR count). The SMILES string of the molecule is CC(C)(C)OC(=O)N1CCN(C(N)=NCC(O)c2ccco2)CC1. The van der Waals surface area contributed by atoms with Crippen LogP contribution in [0.15, 0.2) is 27.8 Å². The molecule has 1 aromatic heterocycles. The Kier molecular flexibility index (Phi) is 5.71. The van der Waals surface area contributed by atoms with Crippen LogP contribution in [0.25, 0.3) is 0 Å². The van der Waals surface area contributed by atoms with Gasteiger partial charge in [-0.05, 0) is 32.9 Å². The quantitative estimate of drug-likeness (QED) is 0.633. The van der Waals surface area contributed by atoms with Gasteiger partial charge >= 0.3 is 6.09 Å². The van der Waals surface area contributed by atoms with E-state index >= 15 is 0 Å². The van der Waals surface area contributed by atoms with Crippen LogP contribution in [0.5, 0.6) is 0 Å². The number of aliphatic hydroxyl groups is 1. The van der Waals surface area contributed by atoms with Crippen molar-refractivity contribution in [2.24, 2.45) is 10.7 Å². The number of furan rings is 1. The summed E-state index contributed by atoms with van der Waals surface area (Å²) in [5, 5.41) is 9.94. The minimum absolute atomic E-state index is 0.131. The van der Waals surface area contributed by atoms with Crippen molar-refractivity contribution in [2.45, 2.75) is 32.5 Å². The number of piperazine rings is 1. The van der Waals surface area contributed by atoms with E-state index in [1.807, 2.05) is 25.7 Å². The van der Waals surface area contributed by atoms with Gasteiger partial charge in [-0.25, -0.2) is 4.79 Å². The highest BCUT2D eigenvalue weighted by molar-refractivity contribution is 5.78. The molecule has 8 nitrogen and oxygen atoms in total. The number of ether oxygens (including phenoxy) is 1. The first-order valence-electron chi connectivity index (χ1n) is 8.00. The van der Waals surface area contributed by atoms with E-state index in [4.69, 9.17) is 14.9 Å². The highest BCUT2D eigenvalue weighted by Gasteiger charge is 2.26. The standard InChI is InChI=1S/C16H26N4O4/c1-16(2,3)24-15(22)20-8-6-19(7-9-20)14(17)18-11-12(21)13-5-4-10-23-13/h4-5,10,12,21H,6-9,11H2,1-3H3,(H2,17,18). The molecule has 0 spiro atoms. The lowest BCUT2D eigenvalue weighted by molar-refractivity contribution is 0.0186. The number of hydrogen-bond acceptors (Lipinski definition) is 5. The van der Waals surface area contributed by atoms with Crippen molar-refractivity contribution >= 4 is 12.1 Å². The van der Waals surface area contributed by atoms with Crippen LogP contribution in [0.1, 0.15) is 32.6 Å². The van der Waals surface area contributed by atoms with Crippen LogP contribution in [-0.2, 0) is 4.74 Å². The van der Waals surface area contributed by atoms with Crippen molar-refractivity contribution in [1.82, 2.24) is 9.80 Å². The summed E-state index contributed by atoms with van der Waals surface area (Å²) in [5.74, 6) is 0.811. The molecule has 1 aliphatic heterocycles. The van der Waals surface area contributed by atoms with Crippen LogP contribution in [0.2, 0.25) is 0 Å². The van der Waals surface area contributed by atoms with Crippen LogP contribution in [0.4, 0.5) is 4.79 Å². The van der Waals surface area contributed by atoms with Gasteiger partial charge in [-0.2, -0.15) is 0 Å². The summed E-state index contributed by atoms with van der Waals surface area (Å²) < 4.78 is 10.5. The molecule has 1 unspecified atom stereocenters. The number of aliphatic hydroxyl groups excluding tert-OH is 1. The third kappa shape index (κ3) is 5.16. The Labute approximate surface area is 141 Å². The maximum Gasteiger partial charge on any atom is 0.410 e. The topological polar surface area (TPSA) is 105 Å². The molecular formula is C16H26N4O4. The number of amides is 1. The van der Waals surface area contributed by atoms with Gasteiger partial charge < -0.3 is 29.8 Å². The molecule has 0 bridgehead atoms. The fourth-order valence-corrected chi connectivity index (χ4v) is 2.30. The molecule has 1 aromatic rings. The Hall–Kier alpha value is -2.22. The van der Waals surface area contributed by atoms with E-state index in [0.29, 0.717) is 37.9 Å². The minimum atomic E-state index is -0.818. The number of carbonyl (C=O) groups is 1. The fraction of sp³-hybridized carbons (Fsp3) is 0.625. The lowest BCUT2D eigenvalue weighted by Gasteiger charge is -2.36. The molecule has 2 heterocycles. The molecule has 3 N–H and O–H groups in total. The number of carbonyl (C=O) groups excluding carboxylic acids is 1. The molecule has 0 aromatic carbocycles. The fourth-order valence-electron chi connectivity index (χ4n) is 2.30. The van der Waals surface area contributed by atoms with Gasteiger partial charge in [-0.3, -0.25) is 4.99 Å². The molecule has 1 aliphatic rings. The zero-order chi connectivity index (χ0) is 17.7. The number of guanidine groups is 1. The van der Waals surface area contributed by atoms with Crippen molar-refractivity contribution < 1.29 is 19.1 Å². The second-order valence-corrected chi connectivity index (χ2v) is 6.68. The van der Waals surface area contributed by atoms with Crippen LogP contribution in [0, 0.1) is 0 Å². The summed E-state index contributed by atoms with van der Waals surface area (Å²) in [7, 11) is 0. The van der Waals surface area contributed by atoms with Gasteiger partial charge in [0.2, 0.25) is 0 Å². The first-order chi connectivity index (χ1) is 11.3. The van der Waals surface area contributed by atoms with E-state index in [1.54, 1.807) is 17.0 Å². The average molecular weight is 338 g/mol. The molecule has 0 saturated carbocycles. The van der Waals surface area contributed by atoms with Gasteiger partial charge in [-0.1, -0.05) is 0 Å². The molecule has 1 saturated heterocycles. The van der Waals surface area contributed by atoms with E-state index in [0.717, 1.165) is 0 Å². The van der Waals surface area contributed by atoms with Gasteiger partial charge in [0, 0.05) is 26.2 Å². The molecule has 1 atom stereocenters. The third-order valence-corrected chi connectivity index (χ3v) is 3.55. The summed E-state index contributed by atoms with van der Waals surface area (Å²) >= 11 is 0. The van der Waals surface area contributed by atoms with Crippen molar-refractivity contribution in [3.05, 3.63) is 24.2 Å². The largest absolute Gasteiger partial charge is 0.467 e. The second kappa shape index (κ2) is 7.57. The summed E-state index contributed by atoms with van der Waals surface area (Å²) in [6, 6.07) is 3.40. The molecule has 134 valence electrons. The highest BCUT2D eigenvalue weighted by atomic mass is 16.6. The summed E-state index contributed by atoms with van der Waals surface area (Å²) in [6.07, 6.45) is 0.370. The number of aliphatic imine (C=N–C) groups is 1. The van der Waals surface area contributed by atoms with Crippen LogP contribution in [-0.4, -0.2) is 65.3 Å². The average Bonchev–Trinajstić information content (AvgIpc) is 3.05. The maximum absolute atomic E-state index is 12.0. The van der Waals surface area contributed by atoms with Crippen molar-refractivity contribution in [3.8, 4) is 0 Å². The predicted octanol–water partition coefficient (Wildman–Crippen LogP) is 1.18. The molecule has 1 amide bonds. The van der Waals surface area contributed by atoms with Crippen LogP contribution < -0.4 is 5.73 Å². The summed E-state index contributed by atoms with van der Waals surface area (Å²) in [6.45, 7) is 7.85. The molecule has 8 heteroatoms. The zero-order valence-corrected chi connectivity index (χ0v) is 14.4. The summed E-state index contributed by atoms with van der Waals surface area (Å²) in [5.41, 5.74) is 5.47. The van der Waals surface area contributed by atoms with Crippen molar-refractivity contribution in [2.75, 3.05) is 32.7 Å². The molecule has 1 fully saturated rings. The van der Waals surface area contributed by atoms with Crippen molar-refractivity contribution in [3.63, 3.8) is 0 Å². The zero-order valence-electron chi connectivity index (χ0n) is 14.4. The van der Waals surface area contributed by atoms with Gasteiger partial charge in [-0.15, -0.1) is 0 Å². The monoisotopic (exact) mass is 338 g/mol.